The van der Waals surface area contributed by atoms with E-state index < -0.39 is 23.7 Å². The maximum absolute atomic E-state index is 12.6. The standard InChI is InChI=1S/C17H17F3N4O3/c1-10-8-14(23-27-10)22-15(25)9-24(13-6-7-13)16(26)21-12-4-2-11(3-5-12)17(18,19)20/h2-5,8,13H,6-7,9H2,1H3,(H,21,26)(H,22,23,25). The number of rotatable bonds is 5. The van der Waals surface area contributed by atoms with E-state index in [0.29, 0.717) is 5.76 Å². The number of aromatic nitrogens is 1. The van der Waals surface area contributed by atoms with Gasteiger partial charge in [-0.1, -0.05) is 5.16 Å². The number of halogens is 3. The summed E-state index contributed by atoms with van der Waals surface area (Å²) in [6.07, 6.45) is -2.92. The number of alkyl halides is 3. The molecule has 0 saturated heterocycles. The minimum atomic E-state index is -4.44. The highest BCUT2D eigenvalue weighted by Crippen LogP contribution is 2.30. The Kier molecular flexibility index (Phi) is 5.06. The van der Waals surface area contributed by atoms with Crippen molar-refractivity contribution in [2.45, 2.75) is 32.0 Å². The van der Waals surface area contributed by atoms with Gasteiger partial charge < -0.3 is 20.1 Å². The lowest BCUT2D eigenvalue weighted by atomic mass is 10.2. The summed E-state index contributed by atoms with van der Waals surface area (Å²) in [5.74, 6) is 0.332. The molecule has 1 saturated carbocycles. The van der Waals surface area contributed by atoms with E-state index in [-0.39, 0.29) is 24.1 Å². The number of nitrogens with zero attached hydrogens (tertiary/aromatic N) is 2. The molecule has 3 rings (SSSR count). The van der Waals surface area contributed by atoms with E-state index in [4.69, 9.17) is 4.52 Å². The molecular formula is C17H17F3N4O3. The van der Waals surface area contributed by atoms with Crippen LogP contribution in [0.5, 0.6) is 0 Å². The molecule has 0 aliphatic heterocycles. The van der Waals surface area contributed by atoms with Crippen LogP contribution in [0.4, 0.5) is 29.5 Å². The number of aryl methyl sites for hydroxylation is 1. The predicted molar refractivity (Wildman–Crippen MR) is 90.1 cm³/mol. The van der Waals surface area contributed by atoms with Gasteiger partial charge in [-0.2, -0.15) is 13.2 Å². The van der Waals surface area contributed by atoms with Crippen molar-refractivity contribution < 1.29 is 27.3 Å². The summed E-state index contributed by atoms with van der Waals surface area (Å²) in [5.41, 5.74) is -0.590. The number of benzene rings is 1. The molecule has 2 N–H and O–H groups in total. The van der Waals surface area contributed by atoms with Crippen LogP contribution in [0.25, 0.3) is 0 Å². The van der Waals surface area contributed by atoms with Crippen LogP contribution in [0.2, 0.25) is 0 Å². The predicted octanol–water partition coefficient (Wildman–Crippen LogP) is 3.64. The normalized spacial score (nSPS) is 13.9. The molecule has 1 aliphatic rings. The molecule has 1 aromatic heterocycles. The SMILES string of the molecule is Cc1cc(NC(=O)CN(C(=O)Nc2ccc(C(F)(F)F)cc2)C2CC2)no1. The molecule has 144 valence electrons. The van der Waals surface area contributed by atoms with Crippen molar-refractivity contribution in [1.82, 2.24) is 10.1 Å². The molecular weight excluding hydrogens is 365 g/mol. The van der Waals surface area contributed by atoms with Crippen molar-refractivity contribution >= 4 is 23.4 Å². The van der Waals surface area contributed by atoms with Crippen molar-refractivity contribution in [2.24, 2.45) is 0 Å². The third-order valence-electron chi connectivity index (χ3n) is 3.92. The lowest BCUT2D eigenvalue weighted by molar-refractivity contribution is -0.137. The molecule has 1 heterocycles. The van der Waals surface area contributed by atoms with Crippen LogP contribution in [0.1, 0.15) is 24.2 Å². The van der Waals surface area contributed by atoms with Gasteiger partial charge in [0.15, 0.2) is 5.82 Å². The van der Waals surface area contributed by atoms with E-state index in [9.17, 15) is 22.8 Å². The van der Waals surface area contributed by atoms with Gasteiger partial charge in [0.05, 0.1) is 5.56 Å². The number of carbonyl (C=O) groups is 2. The topological polar surface area (TPSA) is 87.5 Å². The Morgan fingerprint density at radius 2 is 1.89 bits per heavy atom. The average molecular weight is 382 g/mol. The number of hydrogen-bond donors (Lipinski definition) is 2. The van der Waals surface area contributed by atoms with Crippen LogP contribution in [-0.2, 0) is 11.0 Å². The Morgan fingerprint density at radius 1 is 1.22 bits per heavy atom. The van der Waals surface area contributed by atoms with Crippen LogP contribution >= 0.6 is 0 Å². The fourth-order valence-electron chi connectivity index (χ4n) is 2.45. The van der Waals surface area contributed by atoms with Crippen LogP contribution in [0.15, 0.2) is 34.9 Å². The maximum atomic E-state index is 12.6. The van der Waals surface area contributed by atoms with Crippen molar-refractivity contribution in [2.75, 3.05) is 17.2 Å². The van der Waals surface area contributed by atoms with Crippen LogP contribution < -0.4 is 10.6 Å². The third-order valence-corrected chi connectivity index (χ3v) is 3.92. The third kappa shape index (κ3) is 4.99. The van der Waals surface area contributed by atoms with Gasteiger partial charge in [0.1, 0.15) is 12.3 Å². The van der Waals surface area contributed by atoms with E-state index in [1.807, 2.05) is 0 Å². The van der Waals surface area contributed by atoms with E-state index >= 15 is 0 Å². The zero-order valence-corrected chi connectivity index (χ0v) is 14.3. The highest BCUT2D eigenvalue weighted by Gasteiger charge is 2.34. The van der Waals surface area contributed by atoms with Crippen LogP contribution in [0.3, 0.4) is 0 Å². The molecule has 0 atom stereocenters. The Labute approximate surface area is 152 Å². The molecule has 27 heavy (non-hydrogen) atoms. The quantitative estimate of drug-likeness (QED) is 0.827. The number of hydrogen-bond acceptors (Lipinski definition) is 4. The molecule has 0 spiro atoms. The first-order chi connectivity index (χ1) is 12.7. The number of carbonyl (C=O) groups excluding carboxylic acids is 2. The van der Waals surface area contributed by atoms with Crippen molar-refractivity contribution in [3.05, 3.63) is 41.7 Å². The van der Waals surface area contributed by atoms with Gasteiger partial charge >= 0.3 is 12.2 Å². The summed E-state index contributed by atoms with van der Waals surface area (Å²) >= 11 is 0. The molecule has 0 radical (unpaired) electrons. The number of anilines is 2. The second kappa shape index (κ2) is 7.29. The summed E-state index contributed by atoms with van der Waals surface area (Å²) in [4.78, 5) is 25.9. The van der Waals surface area contributed by atoms with E-state index in [2.05, 4.69) is 15.8 Å². The monoisotopic (exact) mass is 382 g/mol. The van der Waals surface area contributed by atoms with Gasteiger partial charge in [0, 0.05) is 17.8 Å². The molecule has 0 bridgehead atoms. The Balaban J connectivity index is 1.61. The number of urea groups is 1. The second-order valence-corrected chi connectivity index (χ2v) is 6.24. The molecule has 1 fully saturated rings. The minimum absolute atomic E-state index is 0.0794. The molecule has 3 amide bonds. The first kappa shape index (κ1) is 18.7. The van der Waals surface area contributed by atoms with E-state index in [1.54, 1.807) is 13.0 Å². The zero-order chi connectivity index (χ0) is 19.6. The number of amides is 3. The van der Waals surface area contributed by atoms with Crippen LogP contribution in [0, 0.1) is 6.92 Å². The molecule has 1 aromatic carbocycles. The molecule has 2 aromatic rings. The maximum Gasteiger partial charge on any atom is 0.416 e. The van der Waals surface area contributed by atoms with Gasteiger partial charge in [-0.05, 0) is 44.0 Å². The first-order valence-electron chi connectivity index (χ1n) is 8.20. The Bertz CT molecular complexity index is 829. The first-order valence-corrected chi connectivity index (χ1v) is 8.20. The zero-order valence-electron chi connectivity index (χ0n) is 14.3. The highest BCUT2D eigenvalue weighted by molar-refractivity contribution is 5.96. The smallest absolute Gasteiger partial charge is 0.360 e. The Morgan fingerprint density at radius 3 is 2.41 bits per heavy atom. The summed E-state index contributed by atoms with van der Waals surface area (Å²) < 4.78 is 42.6. The summed E-state index contributed by atoms with van der Waals surface area (Å²) in [7, 11) is 0. The molecule has 7 nitrogen and oxygen atoms in total. The van der Waals surface area contributed by atoms with Gasteiger partial charge in [-0.25, -0.2) is 4.79 Å². The van der Waals surface area contributed by atoms with Crippen LogP contribution in [-0.4, -0.2) is 34.6 Å². The average Bonchev–Trinajstić information content (AvgIpc) is 3.35. The van der Waals surface area contributed by atoms with Gasteiger partial charge in [-0.3, -0.25) is 4.79 Å². The molecule has 0 unspecified atom stereocenters. The summed E-state index contributed by atoms with van der Waals surface area (Å²) in [5, 5.41) is 8.70. The van der Waals surface area contributed by atoms with Crippen molar-refractivity contribution in [1.29, 1.82) is 0 Å². The lowest BCUT2D eigenvalue weighted by Gasteiger charge is -2.22. The van der Waals surface area contributed by atoms with Gasteiger partial charge in [0.2, 0.25) is 5.91 Å². The lowest BCUT2D eigenvalue weighted by Crippen LogP contribution is -2.42. The number of nitrogens with one attached hydrogen (secondary N) is 2. The second-order valence-electron chi connectivity index (χ2n) is 6.24. The van der Waals surface area contributed by atoms with Gasteiger partial charge in [-0.15, -0.1) is 0 Å². The molecule has 10 heteroatoms. The fraction of sp³-hybridized carbons (Fsp3) is 0.353. The highest BCUT2D eigenvalue weighted by atomic mass is 19.4. The largest absolute Gasteiger partial charge is 0.416 e. The van der Waals surface area contributed by atoms with Crippen molar-refractivity contribution in [3.63, 3.8) is 0 Å². The van der Waals surface area contributed by atoms with Crippen molar-refractivity contribution in [3.8, 4) is 0 Å². The fourth-order valence-corrected chi connectivity index (χ4v) is 2.45. The minimum Gasteiger partial charge on any atom is -0.360 e. The van der Waals surface area contributed by atoms with Gasteiger partial charge in [0.25, 0.3) is 0 Å². The summed E-state index contributed by atoms with van der Waals surface area (Å²) in [6.45, 7) is 1.47. The van der Waals surface area contributed by atoms with E-state index in [0.717, 1.165) is 25.0 Å². The van der Waals surface area contributed by atoms with E-state index in [1.165, 1.54) is 17.0 Å². The molecule has 1 aliphatic carbocycles. The summed E-state index contributed by atoms with van der Waals surface area (Å²) in [6, 6.07) is 5.02. The Hall–Kier alpha value is -3.04.